The van der Waals surface area contributed by atoms with Gasteiger partial charge in [-0.05, 0) is 50.8 Å². The quantitative estimate of drug-likeness (QED) is 0.809. The lowest BCUT2D eigenvalue weighted by molar-refractivity contribution is 0.00773. The van der Waals surface area contributed by atoms with Crippen molar-refractivity contribution in [1.82, 2.24) is 5.32 Å². The van der Waals surface area contributed by atoms with Crippen LogP contribution in [0.3, 0.4) is 0 Å². The van der Waals surface area contributed by atoms with Crippen LogP contribution in [0.5, 0.6) is 0 Å². The molecule has 0 fully saturated rings. The Hall–Kier alpha value is -0.860. The molecule has 2 heteroatoms. The maximum atomic E-state index is 5.52. The molecule has 0 radical (unpaired) electrons. The minimum absolute atomic E-state index is 0.0778. The zero-order valence-electron chi connectivity index (χ0n) is 13.3. The Labute approximate surface area is 118 Å². The van der Waals surface area contributed by atoms with Gasteiger partial charge >= 0.3 is 0 Å². The normalized spacial score (nSPS) is 13.8. The summed E-state index contributed by atoms with van der Waals surface area (Å²) in [6.45, 7) is 8.73. The molecule has 1 unspecified atom stereocenters. The van der Waals surface area contributed by atoms with E-state index in [2.05, 4.69) is 57.3 Å². The summed E-state index contributed by atoms with van der Waals surface area (Å²) in [6, 6.07) is 9.43. The fraction of sp³-hybridized carbons (Fsp3) is 0.647. The molecule has 2 nitrogen and oxygen atoms in total. The fourth-order valence-corrected chi connectivity index (χ4v) is 2.28. The highest BCUT2D eigenvalue weighted by molar-refractivity contribution is 5.25. The number of methoxy groups -OCH3 is 1. The summed E-state index contributed by atoms with van der Waals surface area (Å²) in [5, 5.41) is 3.40. The largest absolute Gasteiger partial charge is 0.379 e. The van der Waals surface area contributed by atoms with E-state index in [1.807, 2.05) is 7.05 Å². The molecule has 0 aliphatic carbocycles. The van der Waals surface area contributed by atoms with Crippen LogP contribution in [0.2, 0.25) is 0 Å². The molecule has 0 amide bonds. The van der Waals surface area contributed by atoms with Crippen LogP contribution in [0, 0.1) is 0 Å². The molecule has 0 spiro atoms. The van der Waals surface area contributed by atoms with Gasteiger partial charge in [0.2, 0.25) is 0 Å². The summed E-state index contributed by atoms with van der Waals surface area (Å²) < 4.78 is 5.52. The number of hydrogen-bond acceptors (Lipinski definition) is 2. The first-order chi connectivity index (χ1) is 8.88. The summed E-state index contributed by atoms with van der Waals surface area (Å²) in [5.41, 5.74) is 2.71. The summed E-state index contributed by atoms with van der Waals surface area (Å²) in [5.74, 6) is 0.599. The van der Waals surface area contributed by atoms with Gasteiger partial charge in [-0.3, -0.25) is 0 Å². The van der Waals surface area contributed by atoms with Crippen molar-refractivity contribution in [2.45, 2.75) is 58.1 Å². The van der Waals surface area contributed by atoms with Gasteiger partial charge in [0.15, 0.2) is 0 Å². The van der Waals surface area contributed by atoms with Crippen LogP contribution >= 0.6 is 0 Å². The molecule has 1 atom stereocenters. The van der Waals surface area contributed by atoms with Gasteiger partial charge in [-0.25, -0.2) is 0 Å². The fourth-order valence-electron chi connectivity index (χ4n) is 2.28. The van der Waals surface area contributed by atoms with Crippen LogP contribution in [0.4, 0.5) is 0 Å². The van der Waals surface area contributed by atoms with Gasteiger partial charge in [-0.1, -0.05) is 38.1 Å². The topological polar surface area (TPSA) is 21.3 Å². The monoisotopic (exact) mass is 263 g/mol. The first-order valence-corrected chi connectivity index (χ1v) is 7.19. The maximum Gasteiger partial charge on any atom is 0.0637 e. The lowest BCUT2D eigenvalue weighted by Crippen LogP contribution is -2.37. The molecule has 0 heterocycles. The van der Waals surface area contributed by atoms with E-state index in [4.69, 9.17) is 4.74 Å². The van der Waals surface area contributed by atoms with E-state index < -0.39 is 0 Å². The van der Waals surface area contributed by atoms with Crippen molar-refractivity contribution in [3.8, 4) is 0 Å². The van der Waals surface area contributed by atoms with Crippen molar-refractivity contribution in [3.05, 3.63) is 35.4 Å². The van der Waals surface area contributed by atoms with Crippen molar-refractivity contribution in [1.29, 1.82) is 0 Å². The smallest absolute Gasteiger partial charge is 0.0637 e. The molecule has 0 aliphatic heterocycles. The molecule has 0 saturated carbocycles. The Bertz CT molecular complexity index is 367. The molecule has 0 aromatic heterocycles. The van der Waals surface area contributed by atoms with E-state index in [0.29, 0.717) is 12.0 Å². The molecular formula is C17H29NO. The van der Waals surface area contributed by atoms with Crippen molar-refractivity contribution in [3.63, 3.8) is 0 Å². The molecule has 1 N–H and O–H groups in total. The summed E-state index contributed by atoms with van der Waals surface area (Å²) in [4.78, 5) is 0. The maximum absolute atomic E-state index is 5.52. The van der Waals surface area contributed by atoms with Gasteiger partial charge in [-0.2, -0.15) is 0 Å². The SMILES string of the molecule is CNC(Cc1ccc(C(C)C)cc1)CC(C)(C)OC. The molecule has 0 bridgehead atoms. The molecule has 108 valence electrons. The predicted molar refractivity (Wildman–Crippen MR) is 82.8 cm³/mol. The third-order valence-corrected chi connectivity index (χ3v) is 3.83. The Kier molecular flexibility index (Phi) is 6.02. The molecular weight excluding hydrogens is 234 g/mol. The van der Waals surface area contributed by atoms with Crippen LogP contribution in [-0.2, 0) is 11.2 Å². The molecule has 1 rings (SSSR count). The minimum atomic E-state index is -0.0778. The van der Waals surface area contributed by atoms with Crippen LogP contribution in [0.1, 0.15) is 51.2 Å². The van der Waals surface area contributed by atoms with E-state index in [9.17, 15) is 0 Å². The second-order valence-corrected chi connectivity index (χ2v) is 6.25. The van der Waals surface area contributed by atoms with Gasteiger partial charge < -0.3 is 10.1 Å². The second-order valence-electron chi connectivity index (χ2n) is 6.25. The lowest BCUT2D eigenvalue weighted by Gasteiger charge is -2.28. The van der Waals surface area contributed by atoms with E-state index in [1.165, 1.54) is 11.1 Å². The number of rotatable bonds is 7. The van der Waals surface area contributed by atoms with E-state index >= 15 is 0 Å². The standard InChI is InChI=1S/C17H29NO/c1-13(2)15-9-7-14(8-10-15)11-16(18-5)12-17(3,4)19-6/h7-10,13,16,18H,11-12H2,1-6H3. The number of ether oxygens (including phenoxy) is 1. The Morgan fingerprint density at radius 2 is 1.74 bits per heavy atom. The molecule has 1 aromatic rings. The van der Waals surface area contributed by atoms with Crippen LogP contribution < -0.4 is 5.32 Å². The van der Waals surface area contributed by atoms with Crippen molar-refractivity contribution >= 4 is 0 Å². The third kappa shape index (κ3) is 5.33. The first kappa shape index (κ1) is 16.2. The van der Waals surface area contributed by atoms with Gasteiger partial charge in [0, 0.05) is 13.2 Å². The average molecular weight is 263 g/mol. The highest BCUT2D eigenvalue weighted by atomic mass is 16.5. The Morgan fingerprint density at radius 1 is 1.16 bits per heavy atom. The van der Waals surface area contributed by atoms with Crippen LogP contribution in [0.25, 0.3) is 0 Å². The first-order valence-electron chi connectivity index (χ1n) is 7.19. The van der Waals surface area contributed by atoms with Gasteiger partial charge in [0.1, 0.15) is 0 Å². The number of nitrogens with one attached hydrogen (secondary N) is 1. The molecule has 0 aliphatic rings. The van der Waals surface area contributed by atoms with Gasteiger partial charge in [0.25, 0.3) is 0 Å². The van der Waals surface area contributed by atoms with E-state index in [0.717, 1.165) is 12.8 Å². The zero-order chi connectivity index (χ0) is 14.5. The Morgan fingerprint density at radius 3 is 2.16 bits per heavy atom. The van der Waals surface area contributed by atoms with Gasteiger partial charge in [0.05, 0.1) is 5.60 Å². The van der Waals surface area contributed by atoms with Gasteiger partial charge in [-0.15, -0.1) is 0 Å². The number of benzene rings is 1. The minimum Gasteiger partial charge on any atom is -0.379 e. The lowest BCUT2D eigenvalue weighted by atomic mass is 9.93. The van der Waals surface area contributed by atoms with Crippen molar-refractivity contribution in [2.75, 3.05) is 14.2 Å². The van der Waals surface area contributed by atoms with E-state index in [-0.39, 0.29) is 5.60 Å². The summed E-state index contributed by atoms with van der Waals surface area (Å²) in [7, 11) is 3.81. The predicted octanol–water partition coefficient (Wildman–Crippen LogP) is 3.76. The molecule has 1 aromatic carbocycles. The highest BCUT2D eigenvalue weighted by Gasteiger charge is 2.22. The number of hydrogen-bond donors (Lipinski definition) is 1. The van der Waals surface area contributed by atoms with Crippen LogP contribution in [-0.4, -0.2) is 25.8 Å². The highest BCUT2D eigenvalue weighted by Crippen LogP contribution is 2.20. The number of likely N-dealkylation sites (N-methyl/N-ethyl adjacent to an activating group) is 1. The van der Waals surface area contributed by atoms with Crippen molar-refractivity contribution in [2.24, 2.45) is 0 Å². The molecule has 0 saturated heterocycles. The molecule has 19 heavy (non-hydrogen) atoms. The summed E-state index contributed by atoms with van der Waals surface area (Å²) >= 11 is 0. The van der Waals surface area contributed by atoms with Crippen LogP contribution in [0.15, 0.2) is 24.3 Å². The zero-order valence-corrected chi connectivity index (χ0v) is 13.3. The third-order valence-electron chi connectivity index (χ3n) is 3.83. The second kappa shape index (κ2) is 7.06. The average Bonchev–Trinajstić information content (AvgIpc) is 2.38. The van der Waals surface area contributed by atoms with E-state index in [1.54, 1.807) is 7.11 Å². The summed E-state index contributed by atoms with van der Waals surface area (Å²) in [6.07, 6.45) is 2.05. The Balaban J connectivity index is 2.65. The van der Waals surface area contributed by atoms with Crippen molar-refractivity contribution < 1.29 is 4.74 Å².